The van der Waals surface area contributed by atoms with Crippen molar-refractivity contribution in [3.8, 4) is 0 Å². The van der Waals surface area contributed by atoms with E-state index >= 15 is 0 Å². The van der Waals surface area contributed by atoms with Gasteiger partial charge in [0.15, 0.2) is 0 Å². The van der Waals surface area contributed by atoms with E-state index in [1.807, 2.05) is 41.1 Å². The normalized spacial score (nSPS) is 16.5. The van der Waals surface area contributed by atoms with Gasteiger partial charge in [-0.15, -0.1) is 0 Å². The number of aromatic nitrogens is 2. The van der Waals surface area contributed by atoms with Crippen molar-refractivity contribution < 1.29 is 14.0 Å². The van der Waals surface area contributed by atoms with Crippen LogP contribution in [-0.2, 0) is 29.2 Å². The number of nitrogens with zero attached hydrogens (tertiary/aromatic N) is 3. The maximum Gasteiger partial charge on any atom is 0.225 e. The van der Waals surface area contributed by atoms with Gasteiger partial charge in [-0.05, 0) is 23.3 Å². The molecule has 0 unspecified atom stereocenters. The second-order valence-corrected chi connectivity index (χ2v) is 7.02. The summed E-state index contributed by atoms with van der Waals surface area (Å²) in [5.41, 5.74) is 2.20. The number of hydrogen-bond donors (Lipinski definition) is 1. The molecule has 1 fully saturated rings. The molecule has 1 atom stereocenters. The van der Waals surface area contributed by atoms with E-state index in [4.69, 9.17) is 4.42 Å². The summed E-state index contributed by atoms with van der Waals surface area (Å²) >= 11 is 0. The Labute approximate surface area is 163 Å². The molecule has 0 saturated carbocycles. The number of imidazole rings is 1. The Hall–Kier alpha value is -3.35. The van der Waals surface area contributed by atoms with E-state index in [0.29, 0.717) is 19.6 Å². The first-order chi connectivity index (χ1) is 13.7. The highest BCUT2D eigenvalue weighted by atomic mass is 16.3. The molecule has 7 heteroatoms. The first-order valence-electron chi connectivity index (χ1n) is 9.29. The molecule has 2 aromatic heterocycles. The lowest BCUT2D eigenvalue weighted by molar-refractivity contribution is -0.129. The van der Waals surface area contributed by atoms with Crippen LogP contribution in [0.15, 0.2) is 65.8 Å². The van der Waals surface area contributed by atoms with Crippen molar-refractivity contribution in [1.29, 1.82) is 0 Å². The number of likely N-dealkylation sites (tertiary alicyclic amines) is 1. The van der Waals surface area contributed by atoms with E-state index in [1.54, 1.807) is 29.8 Å². The van der Waals surface area contributed by atoms with Gasteiger partial charge in [-0.3, -0.25) is 9.59 Å². The zero-order valence-electron chi connectivity index (χ0n) is 15.5. The highest BCUT2D eigenvalue weighted by Gasteiger charge is 2.34. The molecule has 0 bridgehead atoms. The molecule has 144 valence electrons. The fourth-order valence-corrected chi connectivity index (χ4v) is 3.38. The van der Waals surface area contributed by atoms with Crippen LogP contribution < -0.4 is 5.32 Å². The molecule has 3 aromatic rings. The van der Waals surface area contributed by atoms with Gasteiger partial charge in [0, 0.05) is 38.4 Å². The van der Waals surface area contributed by atoms with E-state index in [9.17, 15) is 9.59 Å². The molecule has 28 heavy (non-hydrogen) atoms. The zero-order chi connectivity index (χ0) is 19.3. The van der Waals surface area contributed by atoms with Crippen molar-refractivity contribution in [2.45, 2.75) is 26.1 Å². The van der Waals surface area contributed by atoms with Crippen LogP contribution in [0.1, 0.15) is 23.3 Å². The molecule has 0 radical (unpaired) electrons. The Morgan fingerprint density at radius 2 is 2.00 bits per heavy atom. The Kier molecular flexibility index (Phi) is 5.23. The van der Waals surface area contributed by atoms with Gasteiger partial charge in [-0.25, -0.2) is 4.98 Å². The first kappa shape index (κ1) is 18.0. The highest BCUT2D eigenvalue weighted by Crippen LogP contribution is 2.20. The number of carbonyl (C=O) groups excluding carboxylic acids is 2. The predicted molar refractivity (Wildman–Crippen MR) is 102 cm³/mol. The van der Waals surface area contributed by atoms with Gasteiger partial charge in [0.25, 0.3) is 0 Å². The second-order valence-electron chi connectivity index (χ2n) is 7.02. The van der Waals surface area contributed by atoms with Crippen LogP contribution in [0.3, 0.4) is 0 Å². The quantitative estimate of drug-likeness (QED) is 0.683. The first-order valence-corrected chi connectivity index (χ1v) is 9.29. The third-order valence-corrected chi connectivity index (χ3v) is 4.93. The number of nitrogens with one attached hydrogen (secondary N) is 1. The van der Waals surface area contributed by atoms with Crippen LogP contribution in [0.25, 0.3) is 0 Å². The lowest BCUT2D eigenvalue weighted by Gasteiger charge is -2.15. The Balaban J connectivity index is 1.26. The van der Waals surface area contributed by atoms with Crippen LogP contribution in [-0.4, -0.2) is 32.8 Å². The molecule has 1 aromatic carbocycles. The molecule has 4 rings (SSSR count). The van der Waals surface area contributed by atoms with Gasteiger partial charge in [-0.1, -0.05) is 24.3 Å². The van der Waals surface area contributed by atoms with Gasteiger partial charge in [0.2, 0.25) is 11.8 Å². The van der Waals surface area contributed by atoms with Crippen molar-refractivity contribution in [3.63, 3.8) is 0 Å². The fourth-order valence-electron chi connectivity index (χ4n) is 3.38. The minimum Gasteiger partial charge on any atom is -0.467 e. The average molecular weight is 378 g/mol. The number of hydrogen-bond acceptors (Lipinski definition) is 4. The van der Waals surface area contributed by atoms with Gasteiger partial charge >= 0.3 is 0 Å². The predicted octanol–water partition coefficient (Wildman–Crippen LogP) is 2.19. The average Bonchev–Trinajstić information content (AvgIpc) is 3.45. The Morgan fingerprint density at radius 1 is 1.18 bits per heavy atom. The minimum absolute atomic E-state index is 0.0135. The summed E-state index contributed by atoms with van der Waals surface area (Å²) in [4.78, 5) is 30.3. The van der Waals surface area contributed by atoms with Crippen molar-refractivity contribution in [2.24, 2.45) is 5.92 Å². The molecular weight excluding hydrogens is 356 g/mol. The van der Waals surface area contributed by atoms with E-state index in [0.717, 1.165) is 17.9 Å². The largest absolute Gasteiger partial charge is 0.467 e. The zero-order valence-corrected chi connectivity index (χ0v) is 15.5. The smallest absolute Gasteiger partial charge is 0.225 e. The van der Waals surface area contributed by atoms with E-state index in [2.05, 4.69) is 10.3 Å². The van der Waals surface area contributed by atoms with Crippen LogP contribution in [0.2, 0.25) is 0 Å². The van der Waals surface area contributed by atoms with Gasteiger partial charge in [0.05, 0.1) is 25.1 Å². The lowest BCUT2D eigenvalue weighted by Crippen LogP contribution is -2.32. The van der Waals surface area contributed by atoms with Crippen molar-refractivity contribution in [3.05, 3.63) is 78.3 Å². The molecule has 2 amide bonds. The Bertz CT molecular complexity index is 917. The SMILES string of the molecule is O=C(NCc1ccc(Cn2ccnc2)cc1)[C@@H]1CC(=O)N(Cc2ccco2)C1. The number of furan rings is 1. The lowest BCUT2D eigenvalue weighted by atomic mass is 10.1. The summed E-state index contributed by atoms with van der Waals surface area (Å²) in [5.74, 6) is 0.311. The van der Waals surface area contributed by atoms with Crippen molar-refractivity contribution in [1.82, 2.24) is 19.8 Å². The number of amides is 2. The number of rotatable bonds is 7. The summed E-state index contributed by atoms with van der Waals surface area (Å²) in [7, 11) is 0. The van der Waals surface area contributed by atoms with Gasteiger partial charge in [-0.2, -0.15) is 0 Å². The topological polar surface area (TPSA) is 80.4 Å². The molecular formula is C21H22N4O3. The summed E-state index contributed by atoms with van der Waals surface area (Å²) in [6.45, 7) is 2.05. The molecule has 1 aliphatic rings. The summed E-state index contributed by atoms with van der Waals surface area (Å²) in [6.07, 6.45) is 7.29. The third-order valence-electron chi connectivity index (χ3n) is 4.93. The fraction of sp³-hybridized carbons (Fsp3) is 0.286. The number of benzene rings is 1. The molecule has 1 saturated heterocycles. The molecule has 0 spiro atoms. The molecule has 1 aliphatic heterocycles. The van der Waals surface area contributed by atoms with E-state index in [1.165, 1.54) is 5.56 Å². The van der Waals surface area contributed by atoms with Crippen LogP contribution >= 0.6 is 0 Å². The Morgan fingerprint density at radius 3 is 2.71 bits per heavy atom. The highest BCUT2D eigenvalue weighted by molar-refractivity contribution is 5.89. The third kappa shape index (κ3) is 4.31. The van der Waals surface area contributed by atoms with Crippen LogP contribution in [0.4, 0.5) is 0 Å². The van der Waals surface area contributed by atoms with Gasteiger partial charge < -0.3 is 19.2 Å². The van der Waals surface area contributed by atoms with E-state index in [-0.39, 0.29) is 24.2 Å². The minimum atomic E-state index is -0.317. The second kappa shape index (κ2) is 8.12. The summed E-state index contributed by atoms with van der Waals surface area (Å²) < 4.78 is 7.29. The van der Waals surface area contributed by atoms with Crippen LogP contribution in [0, 0.1) is 5.92 Å². The van der Waals surface area contributed by atoms with Crippen LogP contribution in [0.5, 0.6) is 0 Å². The van der Waals surface area contributed by atoms with Crippen molar-refractivity contribution in [2.75, 3.05) is 6.54 Å². The maximum atomic E-state index is 12.5. The molecule has 3 heterocycles. The number of carbonyl (C=O) groups is 2. The standard InChI is InChI=1S/C21H22N4O3/c26-20-10-18(13-25(20)14-19-2-1-9-28-19)21(27)23-11-16-3-5-17(6-4-16)12-24-8-7-22-15-24/h1-9,15,18H,10-14H2,(H,23,27)/t18-/m1/s1. The van der Waals surface area contributed by atoms with Crippen molar-refractivity contribution >= 4 is 11.8 Å². The maximum absolute atomic E-state index is 12.5. The molecule has 7 nitrogen and oxygen atoms in total. The molecule has 0 aliphatic carbocycles. The monoisotopic (exact) mass is 378 g/mol. The summed E-state index contributed by atoms with van der Waals surface area (Å²) in [6, 6.07) is 11.7. The van der Waals surface area contributed by atoms with E-state index < -0.39 is 0 Å². The van der Waals surface area contributed by atoms with Gasteiger partial charge in [0.1, 0.15) is 5.76 Å². The summed E-state index contributed by atoms with van der Waals surface area (Å²) in [5, 5.41) is 2.95. The molecule has 1 N–H and O–H groups in total.